The number of halogens is 1. The number of hydrogen-bond acceptors (Lipinski definition) is 4. The van der Waals surface area contributed by atoms with E-state index in [-0.39, 0.29) is 17.1 Å². The van der Waals surface area contributed by atoms with E-state index in [9.17, 15) is 9.59 Å². The van der Waals surface area contributed by atoms with Crippen LogP contribution in [-0.4, -0.2) is 12.5 Å². The third-order valence-electron chi connectivity index (χ3n) is 5.68. The average Bonchev–Trinajstić information content (AvgIpc) is 3.11. The van der Waals surface area contributed by atoms with Gasteiger partial charge in [0.2, 0.25) is 5.76 Å². The van der Waals surface area contributed by atoms with Gasteiger partial charge in [-0.15, -0.1) is 0 Å². The Morgan fingerprint density at radius 2 is 1.88 bits per heavy atom. The van der Waals surface area contributed by atoms with Crippen LogP contribution in [0.25, 0.3) is 11.0 Å². The van der Waals surface area contributed by atoms with E-state index in [0.29, 0.717) is 34.6 Å². The molecular formula is C27H20BrNO4. The van der Waals surface area contributed by atoms with Crippen LogP contribution in [0.1, 0.15) is 33.3 Å². The van der Waals surface area contributed by atoms with Crippen LogP contribution in [0.2, 0.25) is 0 Å². The quantitative estimate of drug-likeness (QED) is 0.306. The van der Waals surface area contributed by atoms with Gasteiger partial charge in [-0.05, 0) is 60.5 Å². The molecule has 3 aromatic carbocycles. The van der Waals surface area contributed by atoms with Gasteiger partial charge in [0.1, 0.15) is 17.9 Å². The maximum atomic E-state index is 13.7. The second-order valence-electron chi connectivity index (χ2n) is 7.90. The summed E-state index contributed by atoms with van der Waals surface area (Å²) in [6.07, 6.45) is 1.67. The smallest absolute Gasteiger partial charge is 0.295 e. The fraction of sp³-hybridized carbons (Fsp3) is 0.111. The molecule has 0 bridgehead atoms. The van der Waals surface area contributed by atoms with Crippen molar-refractivity contribution in [3.8, 4) is 5.75 Å². The van der Waals surface area contributed by atoms with Crippen LogP contribution >= 0.6 is 15.9 Å². The summed E-state index contributed by atoms with van der Waals surface area (Å²) < 4.78 is 12.4. The van der Waals surface area contributed by atoms with E-state index in [1.54, 1.807) is 29.2 Å². The molecule has 0 radical (unpaired) electrons. The first-order valence-corrected chi connectivity index (χ1v) is 11.3. The topological polar surface area (TPSA) is 59.8 Å². The zero-order chi connectivity index (χ0) is 23.1. The lowest BCUT2D eigenvalue weighted by Gasteiger charge is -2.25. The molecule has 1 unspecified atom stereocenters. The van der Waals surface area contributed by atoms with Gasteiger partial charge in [0.25, 0.3) is 5.91 Å². The van der Waals surface area contributed by atoms with E-state index in [4.69, 9.17) is 9.15 Å². The molecule has 1 aliphatic heterocycles. The summed E-state index contributed by atoms with van der Waals surface area (Å²) in [6, 6.07) is 19.7. The predicted molar refractivity (Wildman–Crippen MR) is 132 cm³/mol. The second kappa shape index (κ2) is 8.37. The van der Waals surface area contributed by atoms with Crippen LogP contribution in [0.5, 0.6) is 5.75 Å². The number of ether oxygens (including phenoxy) is 1. The van der Waals surface area contributed by atoms with Gasteiger partial charge in [0.05, 0.1) is 17.0 Å². The maximum Gasteiger partial charge on any atom is 0.295 e. The number of benzene rings is 3. The number of fused-ring (bicyclic) bond motifs is 2. The van der Waals surface area contributed by atoms with Crippen LogP contribution in [0.4, 0.5) is 5.69 Å². The monoisotopic (exact) mass is 501 g/mol. The Bertz CT molecular complexity index is 1460. The van der Waals surface area contributed by atoms with E-state index < -0.39 is 6.04 Å². The van der Waals surface area contributed by atoms with Crippen LogP contribution in [0, 0.1) is 6.92 Å². The summed E-state index contributed by atoms with van der Waals surface area (Å²) in [7, 11) is 0. The lowest BCUT2D eigenvalue weighted by Crippen LogP contribution is -2.29. The first-order valence-electron chi connectivity index (χ1n) is 10.5. The Labute approximate surface area is 199 Å². The van der Waals surface area contributed by atoms with Crippen molar-refractivity contribution in [2.75, 3.05) is 11.5 Å². The molecule has 0 fully saturated rings. The largest absolute Gasteiger partial charge is 0.490 e. The Kier molecular flexibility index (Phi) is 5.38. The van der Waals surface area contributed by atoms with Crippen molar-refractivity contribution in [1.82, 2.24) is 0 Å². The Morgan fingerprint density at radius 3 is 2.61 bits per heavy atom. The Balaban J connectivity index is 1.73. The normalized spacial score (nSPS) is 15.0. The molecule has 164 valence electrons. The molecule has 5 rings (SSSR count). The van der Waals surface area contributed by atoms with Crippen LogP contribution in [0.15, 0.2) is 93.1 Å². The van der Waals surface area contributed by atoms with Gasteiger partial charge < -0.3 is 9.15 Å². The number of amides is 1. The summed E-state index contributed by atoms with van der Waals surface area (Å²) >= 11 is 3.43. The van der Waals surface area contributed by atoms with Crippen molar-refractivity contribution in [2.45, 2.75) is 13.0 Å². The number of anilines is 1. The molecule has 0 spiro atoms. The molecule has 0 saturated carbocycles. The van der Waals surface area contributed by atoms with Gasteiger partial charge in [-0.2, -0.15) is 0 Å². The lowest BCUT2D eigenvalue weighted by molar-refractivity contribution is 0.0971. The third kappa shape index (κ3) is 3.66. The molecule has 2 heterocycles. The van der Waals surface area contributed by atoms with Gasteiger partial charge in [-0.1, -0.05) is 52.9 Å². The zero-order valence-corrected chi connectivity index (χ0v) is 19.5. The van der Waals surface area contributed by atoms with Crippen molar-refractivity contribution >= 4 is 38.5 Å². The molecule has 0 N–H and O–H groups in total. The van der Waals surface area contributed by atoms with E-state index in [1.165, 1.54) is 0 Å². The number of hydrogen-bond donors (Lipinski definition) is 0. The van der Waals surface area contributed by atoms with Gasteiger partial charge in [0, 0.05) is 10.2 Å². The Hall–Kier alpha value is -3.64. The highest BCUT2D eigenvalue weighted by atomic mass is 79.9. The first-order chi connectivity index (χ1) is 16.0. The molecule has 5 nitrogen and oxygen atoms in total. The molecule has 1 amide bonds. The highest BCUT2D eigenvalue weighted by molar-refractivity contribution is 9.10. The fourth-order valence-corrected chi connectivity index (χ4v) is 4.57. The predicted octanol–water partition coefficient (Wildman–Crippen LogP) is 6.18. The minimum Gasteiger partial charge on any atom is -0.490 e. The maximum absolute atomic E-state index is 13.7. The molecule has 1 atom stereocenters. The van der Waals surface area contributed by atoms with E-state index in [1.807, 2.05) is 55.5 Å². The van der Waals surface area contributed by atoms with Crippen LogP contribution in [-0.2, 0) is 0 Å². The standard InChI is InChI=1S/C27H20BrNO4/c1-3-13-32-20-10-7-17(8-11-20)24-23-25(30)21-15-18(28)9-12-22(21)33-26(23)27(31)29(24)19-6-4-5-16(2)14-19/h3-12,14-15,24H,1,13H2,2H3. The van der Waals surface area contributed by atoms with E-state index in [0.717, 1.165) is 15.6 Å². The minimum absolute atomic E-state index is 0.0771. The van der Waals surface area contributed by atoms with Crippen molar-refractivity contribution < 1.29 is 13.9 Å². The molecule has 0 aliphatic carbocycles. The Morgan fingerprint density at radius 1 is 1.09 bits per heavy atom. The van der Waals surface area contributed by atoms with E-state index >= 15 is 0 Å². The molecular weight excluding hydrogens is 482 g/mol. The highest BCUT2D eigenvalue weighted by Crippen LogP contribution is 2.41. The number of carbonyl (C=O) groups is 1. The van der Waals surface area contributed by atoms with E-state index in [2.05, 4.69) is 22.5 Å². The molecule has 1 aliphatic rings. The van der Waals surface area contributed by atoms with Gasteiger partial charge in [-0.3, -0.25) is 14.5 Å². The van der Waals surface area contributed by atoms with Gasteiger partial charge >= 0.3 is 0 Å². The molecule has 6 heteroatoms. The van der Waals surface area contributed by atoms with Crippen LogP contribution < -0.4 is 15.1 Å². The number of aryl methyl sites for hydroxylation is 1. The van der Waals surface area contributed by atoms with Crippen LogP contribution in [0.3, 0.4) is 0 Å². The van der Waals surface area contributed by atoms with Crippen molar-refractivity contribution in [2.24, 2.45) is 0 Å². The lowest BCUT2D eigenvalue weighted by atomic mass is 9.98. The summed E-state index contributed by atoms with van der Waals surface area (Å²) in [5.41, 5.74) is 3.01. The molecule has 1 aromatic heterocycles. The van der Waals surface area contributed by atoms with Crippen molar-refractivity contribution in [3.05, 3.63) is 117 Å². The summed E-state index contributed by atoms with van der Waals surface area (Å²) in [5, 5.41) is 0.429. The fourth-order valence-electron chi connectivity index (χ4n) is 4.21. The molecule has 33 heavy (non-hydrogen) atoms. The van der Waals surface area contributed by atoms with Gasteiger partial charge in [-0.25, -0.2) is 0 Å². The van der Waals surface area contributed by atoms with Gasteiger partial charge in [0.15, 0.2) is 5.43 Å². The average molecular weight is 502 g/mol. The summed E-state index contributed by atoms with van der Waals surface area (Å²) in [5.74, 6) is 0.419. The second-order valence-corrected chi connectivity index (χ2v) is 8.82. The zero-order valence-electron chi connectivity index (χ0n) is 17.9. The number of nitrogens with zero attached hydrogens (tertiary/aromatic N) is 1. The number of carbonyl (C=O) groups excluding carboxylic acids is 1. The number of rotatable bonds is 5. The SMILES string of the molecule is C=CCOc1ccc(C2c3c(oc4ccc(Br)cc4c3=O)C(=O)N2c2cccc(C)c2)cc1. The third-order valence-corrected chi connectivity index (χ3v) is 6.17. The minimum atomic E-state index is -0.623. The summed E-state index contributed by atoms with van der Waals surface area (Å²) in [4.78, 5) is 28.9. The molecule has 4 aromatic rings. The van der Waals surface area contributed by atoms with Crippen molar-refractivity contribution in [1.29, 1.82) is 0 Å². The first kappa shape index (κ1) is 21.2. The molecule has 0 saturated heterocycles. The highest BCUT2D eigenvalue weighted by Gasteiger charge is 2.43. The van der Waals surface area contributed by atoms with Crippen molar-refractivity contribution in [3.63, 3.8) is 0 Å². The summed E-state index contributed by atoms with van der Waals surface area (Å²) in [6.45, 7) is 6.02.